The average Bonchev–Trinajstić information content (AvgIpc) is 2.53. The molecule has 0 bridgehead atoms. The lowest BCUT2D eigenvalue weighted by Gasteiger charge is -2.34. The molecule has 2 heterocycles. The van der Waals surface area contributed by atoms with Crippen LogP contribution in [0.4, 0.5) is 5.69 Å². The normalized spacial score (nSPS) is 21.3. The molecule has 0 unspecified atom stereocenters. The molecular formula is C15H18N2O4. The van der Waals surface area contributed by atoms with Crippen molar-refractivity contribution >= 4 is 17.6 Å². The first kappa shape index (κ1) is 13.9. The zero-order valence-electron chi connectivity index (χ0n) is 11.7. The van der Waals surface area contributed by atoms with Crippen molar-refractivity contribution in [2.45, 2.75) is 12.8 Å². The number of hydrogen-bond donors (Lipinski definition) is 2. The number of anilines is 1. The lowest BCUT2D eigenvalue weighted by Crippen LogP contribution is -2.46. The molecular weight excluding hydrogens is 272 g/mol. The SMILES string of the molecule is O=C(O)c1cccc2c1OCCN2C(=O)[C@@H]1CCCNC1. The van der Waals surface area contributed by atoms with E-state index in [2.05, 4.69) is 5.32 Å². The van der Waals surface area contributed by atoms with E-state index in [0.717, 1.165) is 19.4 Å². The highest BCUT2D eigenvalue weighted by atomic mass is 16.5. The van der Waals surface area contributed by atoms with E-state index >= 15 is 0 Å². The second kappa shape index (κ2) is 5.73. The van der Waals surface area contributed by atoms with Crippen LogP contribution in [0.25, 0.3) is 0 Å². The van der Waals surface area contributed by atoms with Gasteiger partial charge in [0.05, 0.1) is 18.2 Å². The molecule has 1 amide bonds. The van der Waals surface area contributed by atoms with Crippen LogP contribution >= 0.6 is 0 Å². The Morgan fingerprint density at radius 3 is 2.95 bits per heavy atom. The summed E-state index contributed by atoms with van der Waals surface area (Å²) in [6, 6.07) is 4.89. The van der Waals surface area contributed by atoms with E-state index in [-0.39, 0.29) is 17.4 Å². The minimum Gasteiger partial charge on any atom is -0.489 e. The maximum absolute atomic E-state index is 12.7. The highest BCUT2D eigenvalue weighted by Gasteiger charge is 2.32. The predicted molar refractivity (Wildman–Crippen MR) is 76.8 cm³/mol. The van der Waals surface area contributed by atoms with Crippen molar-refractivity contribution in [1.82, 2.24) is 5.32 Å². The minimum absolute atomic E-state index is 0.0433. The Morgan fingerprint density at radius 1 is 1.38 bits per heavy atom. The molecule has 1 atom stereocenters. The zero-order chi connectivity index (χ0) is 14.8. The second-order valence-electron chi connectivity index (χ2n) is 5.34. The standard InChI is InChI=1S/C15H18N2O4/c18-14(10-3-2-6-16-9-10)17-7-8-21-13-11(15(19)20)4-1-5-12(13)17/h1,4-5,10,16H,2-3,6-9H2,(H,19,20)/t10-/m1/s1. The Morgan fingerprint density at radius 2 is 2.24 bits per heavy atom. The molecule has 0 aliphatic carbocycles. The van der Waals surface area contributed by atoms with Crippen LogP contribution in [-0.2, 0) is 4.79 Å². The van der Waals surface area contributed by atoms with Gasteiger partial charge < -0.3 is 20.1 Å². The maximum Gasteiger partial charge on any atom is 0.339 e. The number of hydrogen-bond acceptors (Lipinski definition) is 4. The van der Waals surface area contributed by atoms with E-state index < -0.39 is 5.97 Å². The summed E-state index contributed by atoms with van der Waals surface area (Å²) in [6.45, 7) is 2.42. The Labute approximate surface area is 122 Å². The maximum atomic E-state index is 12.7. The molecule has 1 fully saturated rings. The van der Waals surface area contributed by atoms with Gasteiger partial charge in [-0.25, -0.2) is 4.79 Å². The number of rotatable bonds is 2. The summed E-state index contributed by atoms with van der Waals surface area (Å²) in [5.74, 6) is -0.735. The fourth-order valence-electron chi connectivity index (χ4n) is 2.93. The number of amides is 1. The van der Waals surface area contributed by atoms with Crippen molar-refractivity contribution < 1.29 is 19.4 Å². The van der Waals surface area contributed by atoms with Crippen LogP contribution in [0.15, 0.2) is 18.2 Å². The van der Waals surface area contributed by atoms with Gasteiger partial charge in [0.15, 0.2) is 5.75 Å². The van der Waals surface area contributed by atoms with E-state index in [4.69, 9.17) is 4.74 Å². The van der Waals surface area contributed by atoms with Crippen LogP contribution in [0.3, 0.4) is 0 Å². The van der Waals surface area contributed by atoms with Crippen LogP contribution in [0.2, 0.25) is 0 Å². The fraction of sp³-hybridized carbons (Fsp3) is 0.467. The Hall–Kier alpha value is -2.08. The minimum atomic E-state index is -1.04. The van der Waals surface area contributed by atoms with E-state index in [1.165, 1.54) is 6.07 Å². The molecule has 2 aliphatic heterocycles. The monoisotopic (exact) mass is 290 g/mol. The van der Waals surface area contributed by atoms with Gasteiger partial charge in [0, 0.05) is 6.54 Å². The zero-order valence-corrected chi connectivity index (χ0v) is 11.7. The van der Waals surface area contributed by atoms with Gasteiger partial charge >= 0.3 is 5.97 Å². The van der Waals surface area contributed by atoms with Crippen LogP contribution in [0.1, 0.15) is 23.2 Å². The summed E-state index contributed by atoms with van der Waals surface area (Å²) < 4.78 is 5.49. The summed E-state index contributed by atoms with van der Waals surface area (Å²) in [6.07, 6.45) is 1.86. The molecule has 6 heteroatoms. The van der Waals surface area contributed by atoms with Crippen molar-refractivity contribution in [2.75, 3.05) is 31.1 Å². The van der Waals surface area contributed by atoms with E-state index in [0.29, 0.717) is 31.1 Å². The summed E-state index contributed by atoms with van der Waals surface area (Å²) in [5.41, 5.74) is 0.670. The van der Waals surface area contributed by atoms with E-state index in [1.807, 2.05) is 0 Å². The summed E-state index contributed by atoms with van der Waals surface area (Å²) in [5, 5.41) is 12.5. The highest BCUT2D eigenvalue weighted by molar-refractivity contribution is 6.00. The Balaban J connectivity index is 1.91. The van der Waals surface area contributed by atoms with Gasteiger partial charge in [-0.1, -0.05) is 6.07 Å². The molecule has 112 valence electrons. The summed E-state index contributed by atoms with van der Waals surface area (Å²) in [7, 11) is 0. The van der Waals surface area contributed by atoms with Crippen LogP contribution in [0, 0.1) is 5.92 Å². The smallest absolute Gasteiger partial charge is 0.339 e. The molecule has 3 rings (SSSR count). The Kier molecular flexibility index (Phi) is 3.79. The molecule has 6 nitrogen and oxygen atoms in total. The number of para-hydroxylation sites is 1. The molecule has 2 N–H and O–H groups in total. The molecule has 1 aromatic carbocycles. The summed E-state index contributed by atoms with van der Waals surface area (Å²) >= 11 is 0. The quantitative estimate of drug-likeness (QED) is 0.853. The number of benzene rings is 1. The van der Waals surface area contributed by atoms with Crippen LogP contribution in [-0.4, -0.2) is 43.2 Å². The lowest BCUT2D eigenvalue weighted by atomic mass is 9.97. The summed E-state index contributed by atoms with van der Waals surface area (Å²) in [4.78, 5) is 25.6. The highest BCUT2D eigenvalue weighted by Crippen LogP contribution is 2.36. The number of piperidine rings is 1. The molecule has 0 saturated carbocycles. The van der Waals surface area contributed by atoms with Gasteiger partial charge in [-0.05, 0) is 31.5 Å². The molecule has 0 radical (unpaired) electrons. The average molecular weight is 290 g/mol. The van der Waals surface area contributed by atoms with Gasteiger partial charge in [-0.2, -0.15) is 0 Å². The van der Waals surface area contributed by atoms with Crippen molar-refractivity contribution in [3.05, 3.63) is 23.8 Å². The number of nitrogens with zero attached hydrogens (tertiary/aromatic N) is 1. The number of carbonyl (C=O) groups excluding carboxylic acids is 1. The molecule has 21 heavy (non-hydrogen) atoms. The molecule has 2 aliphatic rings. The Bertz CT molecular complexity index is 567. The van der Waals surface area contributed by atoms with Gasteiger partial charge in [0.2, 0.25) is 5.91 Å². The third kappa shape index (κ3) is 2.58. The topological polar surface area (TPSA) is 78.9 Å². The van der Waals surface area contributed by atoms with Crippen molar-refractivity contribution in [3.8, 4) is 5.75 Å². The van der Waals surface area contributed by atoms with Crippen LogP contribution in [0.5, 0.6) is 5.75 Å². The number of aromatic carboxylic acids is 1. The lowest BCUT2D eigenvalue weighted by molar-refractivity contribution is -0.123. The number of carboxylic acids is 1. The third-order valence-electron chi connectivity index (χ3n) is 3.99. The number of ether oxygens (including phenoxy) is 1. The van der Waals surface area contributed by atoms with Gasteiger partial charge in [-0.15, -0.1) is 0 Å². The van der Waals surface area contributed by atoms with Crippen molar-refractivity contribution in [3.63, 3.8) is 0 Å². The molecule has 0 spiro atoms. The number of carboxylic acid groups (broad SMARTS) is 1. The first-order chi connectivity index (χ1) is 10.2. The van der Waals surface area contributed by atoms with Gasteiger partial charge in [0.1, 0.15) is 12.2 Å². The van der Waals surface area contributed by atoms with Gasteiger partial charge in [-0.3, -0.25) is 4.79 Å². The molecule has 0 aromatic heterocycles. The molecule has 1 saturated heterocycles. The second-order valence-corrected chi connectivity index (χ2v) is 5.34. The van der Waals surface area contributed by atoms with Crippen molar-refractivity contribution in [1.29, 1.82) is 0 Å². The largest absolute Gasteiger partial charge is 0.489 e. The number of carbonyl (C=O) groups is 2. The van der Waals surface area contributed by atoms with E-state index in [1.54, 1.807) is 17.0 Å². The van der Waals surface area contributed by atoms with Crippen molar-refractivity contribution in [2.24, 2.45) is 5.92 Å². The van der Waals surface area contributed by atoms with Crippen LogP contribution < -0.4 is 15.0 Å². The first-order valence-electron chi connectivity index (χ1n) is 7.19. The molecule has 1 aromatic rings. The number of fused-ring (bicyclic) bond motifs is 1. The predicted octanol–water partition coefficient (Wildman–Crippen LogP) is 1.11. The fourth-order valence-corrected chi connectivity index (χ4v) is 2.93. The third-order valence-corrected chi connectivity index (χ3v) is 3.99. The number of nitrogens with one attached hydrogen (secondary N) is 1. The van der Waals surface area contributed by atoms with E-state index in [9.17, 15) is 14.7 Å². The van der Waals surface area contributed by atoms with Gasteiger partial charge in [0.25, 0.3) is 0 Å². The first-order valence-corrected chi connectivity index (χ1v) is 7.19.